The van der Waals surface area contributed by atoms with Crippen molar-refractivity contribution in [3.8, 4) is 0 Å². The molecule has 2 aromatic rings. The number of ether oxygens (including phenoxy) is 1. The molecule has 1 aromatic heterocycles. The molecule has 0 saturated heterocycles. The van der Waals surface area contributed by atoms with E-state index in [0.29, 0.717) is 23.2 Å². The van der Waals surface area contributed by atoms with Crippen molar-refractivity contribution in [2.75, 3.05) is 11.9 Å². The van der Waals surface area contributed by atoms with Crippen LogP contribution in [0, 0.1) is 5.82 Å². The third-order valence-corrected chi connectivity index (χ3v) is 4.84. The zero-order valence-electron chi connectivity index (χ0n) is 14.0. The van der Waals surface area contributed by atoms with Gasteiger partial charge in [-0.1, -0.05) is 6.07 Å². The number of carbonyl (C=O) groups excluding carboxylic acids is 1. The van der Waals surface area contributed by atoms with E-state index in [1.54, 1.807) is 12.1 Å². The number of nitrogens with two attached hydrogens (primary N) is 1. The average molecular weight is 376 g/mol. The summed E-state index contributed by atoms with van der Waals surface area (Å²) in [6.45, 7) is -0.849. The monoisotopic (exact) mass is 376 g/mol. The summed E-state index contributed by atoms with van der Waals surface area (Å²) in [7, 11) is 0. The topological polar surface area (TPSA) is 89.6 Å². The van der Waals surface area contributed by atoms with E-state index in [-0.39, 0.29) is 18.1 Å². The highest BCUT2D eigenvalue weighted by molar-refractivity contribution is 6.02. The van der Waals surface area contributed by atoms with Gasteiger partial charge in [0.2, 0.25) is 0 Å². The van der Waals surface area contributed by atoms with Gasteiger partial charge in [-0.3, -0.25) is 4.79 Å². The van der Waals surface area contributed by atoms with Gasteiger partial charge in [-0.15, -0.1) is 0 Å². The first-order valence-corrected chi connectivity index (χ1v) is 8.23. The number of nitrogens with zero attached hydrogens (tertiary/aromatic N) is 2. The van der Waals surface area contributed by atoms with Crippen LogP contribution in [0.4, 0.5) is 18.9 Å². The molecule has 0 fully saturated rings. The highest BCUT2D eigenvalue weighted by Crippen LogP contribution is 2.52. The number of halogens is 3. The smallest absolute Gasteiger partial charge is 0.310 e. The van der Waals surface area contributed by atoms with Crippen molar-refractivity contribution in [1.82, 2.24) is 4.98 Å². The molecule has 6 nitrogen and oxygen atoms in total. The molecule has 1 aromatic carbocycles. The van der Waals surface area contributed by atoms with Gasteiger partial charge in [-0.2, -0.15) is 8.78 Å². The predicted molar refractivity (Wildman–Crippen MR) is 91.1 cm³/mol. The van der Waals surface area contributed by atoms with Gasteiger partial charge < -0.3 is 15.8 Å². The van der Waals surface area contributed by atoms with Gasteiger partial charge in [-0.25, -0.2) is 14.4 Å². The number of aliphatic imine (C=N–C) groups is 1. The third kappa shape index (κ3) is 2.79. The van der Waals surface area contributed by atoms with E-state index in [4.69, 9.17) is 10.5 Å². The fourth-order valence-corrected chi connectivity index (χ4v) is 3.49. The normalized spacial score (nSPS) is 22.7. The Morgan fingerprint density at radius 3 is 2.81 bits per heavy atom. The van der Waals surface area contributed by atoms with E-state index in [1.807, 2.05) is 0 Å². The third-order valence-electron chi connectivity index (χ3n) is 4.84. The number of anilines is 1. The summed E-state index contributed by atoms with van der Waals surface area (Å²) in [5, 5.41) is 2.59. The molecule has 2 heterocycles. The maximum Gasteiger partial charge on any atom is 0.310 e. The van der Waals surface area contributed by atoms with Gasteiger partial charge in [0.25, 0.3) is 11.9 Å². The van der Waals surface area contributed by atoms with E-state index in [2.05, 4.69) is 15.3 Å². The number of benzene rings is 1. The number of hydrogen-bond donors (Lipinski definition) is 2. The maximum absolute atomic E-state index is 14.7. The lowest BCUT2D eigenvalue weighted by Gasteiger charge is -2.37. The minimum atomic E-state index is -3.23. The van der Waals surface area contributed by atoms with Crippen molar-refractivity contribution in [3.63, 3.8) is 0 Å². The van der Waals surface area contributed by atoms with Crippen LogP contribution in [0.5, 0.6) is 0 Å². The lowest BCUT2D eigenvalue weighted by Crippen LogP contribution is -2.51. The number of fused-ring (bicyclic) bond motifs is 2. The van der Waals surface area contributed by atoms with Gasteiger partial charge >= 0.3 is 5.92 Å². The van der Waals surface area contributed by atoms with Gasteiger partial charge in [0, 0.05) is 5.69 Å². The molecule has 0 radical (unpaired) electrons. The Morgan fingerprint density at radius 1 is 1.26 bits per heavy atom. The van der Waals surface area contributed by atoms with Crippen LogP contribution in [0.2, 0.25) is 0 Å². The Bertz CT molecular complexity index is 946. The summed E-state index contributed by atoms with van der Waals surface area (Å²) in [5.41, 5.74) is 5.09. The van der Waals surface area contributed by atoms with Crippen LogP contribution >= 0.6 is 0 Å². The summed E-state index contributed by atoms with van der Waals surface area (Å²) < 4.78 is 47.0. The molecule has 1 amide bonds. The van der Waals surface area contributed by atoms with Crippen molar-refractivity contribution >= 4 is 17.6 Å². The molecule has 1 spiro atoms. The Balaban J connectivity index is 1.68. The second-order valence-corrected chi connectivity index (χ2v) is 6.49. The van der Waals surface area contributed by atoms with Crippen LogP contribution in [0.25, 0.3) is 0 Å². The number of nitrogens with one attached hydrogen (secondary N) is 1. The molecule has 9 heteroatoms. The number of amides is 1. The predicted octanol–water partition coefficient (Wildman–Crippen LogP) is 2.59. The molecule has 140 valence electrons. The van der Waals surface area contributed by atoms with Crippen LogP contribution in [-0.4, -0.2) is 29.4 Å². The van der Waals surface area contributed by atoms with Crippen LogP contribution < -0.4 is 11.1 Å². The first kappa shape index (κ1) is 17.3. The van der Waals surface area contributed by atoms with Gasteiger partial charge in [0.15, 0.2) is 12.1 Å². The zero-order valence-corrected chi connectivity index (χ0v) is 14.0. The number of rotatable bonds is 2. The Hall–Kier alpha value is -3.10. The molecular weight excluding hydrogens is 361 g/mol. The van der Waals surface area contributed by atoms with Crippen LogP contribution in [0.1, 0.15) is 28.0 Å². The molecule has 1 atom stereocenters. The second-order valence-electron chi connectivity index (χ2n) is 6.49. The molecule has 1 unspecified atom stereocenters. The van der Waals surface area contributed by atoms with E-state index >= 15 is 0 Å². The number of carbonyl (C=O) groups is 1. The quantitative estimate of drug-likeness (QED) is 0.843. The van der Waals surface area contributed by atoms with E-state index in [0.717, 1.165) is 12.3 Å². The Morgan fingerprint density at radius 2 is 2.07 bits per heavy atom. The van der Waals surface area contributed by atoms with E-state index in [9.17, 15) is 18.0 Å². The van der Waals surface area contributed by atoms with Gasteiger partial charge in [0.05, 0.1) is 6.20 Å². The summed E-state index contributed by atoms with van der Waals surface area (Å²) in [5.74, 6) is -4.38. The summed E-state index contributed by atoms with van der Waals surface area (Å²) in [6, 6.07) is 6.83. The lowest BCUT2D eigenvalue weighted by molar-refractivity contribution is -0.121. The SMILES string of the molecule is NC1=NC2(CCc3ccc(NC(=O)c4ccc(F)cn4)cc32)C(F)(F)CO1. The average Bonchev–Trinajstić information content (AvgIpc) is 2.99. The highest BCUT2D eigenvalue weighted by atomic mass is 19.3. The Kier molecular flexibility index (Phi) is 3.83. The minimum absolute atomic E-state index is 0.00488. The van der Waals surface area contributed by atoms with Gasteiger partial charge in [-0.05, 0) is 48.2 Å². The Labute approximate surface area is 152 Å². The maximum atomic E-state index is 14.7. The first-order valence-electron chi connectivity index (χ1n) is 8.23. The number of alkyl halides is 2. The van der Waals surface area contributed by atoms with E-state index in [1.165, 1.54) is 12.1 Å². The fraction of sp³-hybridized carbons (Fsp3) is 0.278. The molecule has 0 bridgehead atoms. The molecule has 27 heavy (non-hydrogen) atoms. The molecule has 0 saturated carbocycles. The molecule has 2 aliphatic rings. The zero-order chi connectivity index (χ0) is 19.2. The van der Waals surface area contributed by atoms with Crippen molar-refractivity contribution < 1.29 is 22.7 Å². The number of aryl methyl sites for hydroxylation is 1. The lowest BCUT2D eigenvalue weighted by atomic mass is 9.85. The van der Waals surface area contributed by atoms with Crippen LogP contribution in [0.15, 0.2) is 41.5 Å². The number of amidine groups is 1. The minimum Gasteiger partial charge on any atom is -0.459 e. The van der Waals surface area contributed by atoms with Gasteiger partial charge in [0.1, 0.15) is 11.5 Å². The first-order chi connectivity index (χ1) is 12.8. The molecular formula is C18H15F3N4O2. The molecule has 3 N–H and O–H groups in total. The summed E-state index contributed by atoms with van der Waals surface area (Å²) in [6.07, 6.45) is 1.43. The van der Waals surface area contributed by atoms with E-state index < -0.39 is 29.8 Å². The van der Waals surface area contributed by atoms with Crippen LogP contribution in [-0.2, 0) is 16.7 Å². The molecule has 1 aliphatic carbocycles. The number of pyridine rings is 1. The van der Waals surface area contributed by atoms with Crippen molar-refractivity contribution in [2.45, 2.75) is 24.3 Å². The highest BCUT2D eigenvalue weighted by Gasteiger charge is 2.60. The van der Waals surface area contributed by atoms with Crippen molar-refractivity contribution in [3.05, 3.63) is 59.2 Å². The summed E-state index contributed by atoms with van der Waals surface area (Å²) in [4.78, 5) is 19.9. The van der Waals surface area contributed by atoms with Crippen LogP contribution in [0.3, 0.4) is 0 Å². The van der Waals surface area contributed by atoms with Crippen molar-refractivity contribution in [1.29, 1.82) is 0 Å². The number of hydrogen-bond acceptors (Lipinski definition) is 5. The molecule has 1 aliphatic heterocycles. The molecule has 4 rings (SSSR count). The standard InChI is InChI=1S/C18H15F3N4O2/c19-11-2-4-14(23-8-11)15(26)24-12-3-1-10-5-6-17(13(10)7-12)18(20,21)9-27-16(22)25-17/h1-4,7-8H,5-6,9H2,(H2,22,25)(H,24,26). The second kappa shape index (κ2) is 5.97. The number of aromatic nitrogens is 1. The van der Waals surface area contributed by atoms with Crippen molar-refractivity contribution in [2.24, 2.45) is 10.7 Å². The summed E-state index contributed by atoms with van der Waals surface area (Å²) >= 11 is 0. The fourth-order valence-electron chi connectivity index (χ4n) is 3.49. The largest absolute Gasteiger partial charge is 0.459 e.